The van der Waals surface area contributed by atoms with Crippen molar-refractivity contribution in [3.8, 4) is 11.4 Å². The van der Waals surface area contributed by atoms with Gasteiger partial charge in [0.1, 0.15) is 5.82 Å². The van der Waals surface area contributed by atoms with E-state index in [1.165, 1.54) is 29.2 Å². The number of carbonyl (C=O) groups excluding carboxylic acids is 1. The Balaban J connectivity index is 1.53. The van der Waals surface area contributed by atoms with Gasteiger partial charge in [-0.3, -0.25) is 9.69 Å². The first-order valence-electron chi connectivity index (χ1n) is 10.1. The van der Waals surface area contributed by atoms with Crippen LogP contribution in [-0.2, 0) is 24.0 Å². The van der Waals surface area contributed by atoms with Gasteiger partial charge in [0.2, 0.25) is 5.91 Å². The van der Waals surface area contributed by atoms with Gasteiger partial charge in [0.15, 0.2) is 16.1 Å². The molecule has 0 saturated heterocycles. The topological polar surface area (TPSA) is 63.9 Å². The van der Waals surface area contributed by atoms with E-state index >= 15 is 0 Å². The SMILES string of the molecule is CCc1ccccc1N(C(C)=O)c1nc(CSc2nnc(-c3ccccc3F)n2C)cs1. The van der Waals surface area contributed by atoms with Crippen LogP contribution < -0.4 is 4.90 Å². The summed E-state index contributed by atoms with van der Waals surface area (Å²) in [5, 5.41) is 11.6. The number of rotatable bonds is 7. The lowest BCUT2D eigenvalue weighted by Crippen LogP contribution is -2.23. The number of halogens is 1. The van der Waals surface area contributed by atoms with Crippen molar-refractivity contribution in [1.82, 2.24) is 19.7 Å². The summed E-state index contributed by atoms with van der Waals surface area (Å²) in [6, 6.07) is 14.4. The molecule has 2 aromatic carbocycles. The Hall–Kier alpha value is -3.04. The van der Waals surface area contributed by atoms with Crippen LogP contribution in [0.5, 0.6) is 0 Å². The van der Waals surface area contributed by atoms with Crippen LogP contribution in [0, 0.1) is 5.82 Å². The number of carbonyl (C=O) groups is 1. The van der Waals surface area contributed by atoms with Gasteiger partial charge in [0, 0.05) is 25.1 Å². The molecule has 2 heterocycles. The van der Waals surface area contributed by atoms with Crippen LogP contribution in [0.3, 0.4) is 0 Å². The maximum Gasteiger partial charge on any atom is 0.230 e. The van der Waals surface area contributed by atoms with Gasteiger partial charge in [-0.25, -0.2) is 9.37 Å². The van der Waals surface area contributed by atoms with Gasteiger partial charge >= 0.3 is 0 Å². The van der Waals surface area contributed by atoms with E-state index in [4.69, 9.17) is 4.98 Å². The average Bonchev–Trinajstić information content (AvgIpc) is 3.39. The number of thioether (sulfide) groups is 1. The third kappa shape index (κ3) is 4.44. The molecule has 0 radical (unpaired) electrons. The molecule has 9 heteroatoms. The van der Waals surface area contributed by atoms with Gasteiger partial charge in [-0.2, -0.15) is 0 Å². The molecule has 1 amide bonds. The average molecular weight is 468 g/mol. The molecule has 0 spiro atoms. The zero-order valence-corrected chi connectivity index (χ0v) is 19.6. The summed E-state index contributed by atoms with van der Waals surface area (Å²) in [6.45, 7) is 3.61. The molecule has 0 saturated carbocycles. The largest absolute Gasteiger partial charge is 0.305 e. The second kappa shape index (κ2) is 9.62. The third-order valence-electron chi connectivity index (χ3n) is 4.96. The van der Waals surface area contributed by atoms with Crippen LogP contribution in [0.4, 0.5) is 15.2 Å². The number of anilines is 2. The summed E-state index contributed by atoms with van der Waals surface area (Å²) in [6.07, 6.45) is 0.824. The summed E-state index contributed by atoms with van der Waals surface area (Å²) in [5.41, 5.74) is 3.20. The molecule has 6 nitrogen and oxygen atoms in total. The number of aryl methyl sites for hydroxylation is 1. The fourth-order valence-corrected chi connectivity index (χ4v) is 5.15. The number of nitrogens with zero attached hydrogens (tertiary/aromatic N) is 5. The number of amides is 1. The minimum Gasteiger partial charge on any atom is -0.305 e. The van der Waals surface area contributed by atoms with E-state index in [-0.39, 0.29) is 11.7 Å². The Morgan fingerprint density at radius 3 is 2.66 bits per heavy atom. The van der Waals surface area contributed by atoms with Crippen LogP contribution in [0.15, 0.2) is 59.1 Å². The van der Waals surface area contributed by atoms with E-state index in [0.717, 1.165) is 23.4 Å². The van der Waals surface area contributed by atoms with E-state index < -0.39 is 0 Å². The summed E-state index contributed by atoms with van der Waals surface area (Å²) in [4.78, 5) is 18.8. The number of hydrogen-bond acceptors (Lipinski definition) is 6. The van der Waals surface area contributed by atoms with Crippen LogP contribution in [0.25, 0.3) is 11.4 Å². The van der Waals surface area contributed by atoms with Crippen LogP contribution >= 0.6 is 23.1 Å². The Kier molecular flexibility index (Phi) is 6.66. The van der Waals surface area contributed by atoms with Crippen LogP contribution in [0.1, 0.15) is 25.1 Å². The van der Waals surface area contributed by atoms with E-state index in [1.807, 2.05) is 36.7 Å². The number of benzene rings is 2. The first-order valence-corrected chi connectivity index (χ1v) is 12.0. The molecule has 0 bridgehead atoms. The highest BCUT2D eigenvalue weighted by atomic mass is 32.2. The van der Waals surface area contributed by atoms with Crippen molar-refractivity contribution >= 4 is 39.8 Å². The monoisotopic (exact) mass is 467 g/mol. The fourth-order valence-electron chi connectivity index (χ4n) is 3.36. The van der Waals surface area contributed by atoms with Crippen molar-refractivity contribution in [3.63, 3.8) is 0 Å². The van der Waals surface area contributed by atoms with Gasteiger partial charge < -0.3 is 4.57 Å². The molecule has 4 aromatic rings. The van der Waals surface area contributed by atoms with Gasteiger partial charge in [0.25, 0.3) is 0 Å². The molecule has 0 atom stereocenters. The number of thiazole rings is 1. The van der Waals surface area contributed by atoms with E-state index in [0.29, 0.717) is 27.4 Å². The van der Waals surface area contributed by atoms with Gasteiger partial charge in [0.05, 0.1) is 16.9 Å². The van der Waals surface area contributed by atoms with Crippen molar-refractivity contribution in [2.75, 3.05) is 4.90 Å². The van der Waals surface area contributed by atoms with Crippen molar-refractivity contribution in [1.29, 1.82) is 0 Å². The summed E-state index contributed by atoms with van der Waals surface area (Å²) >= 11 is 2.90. The molecular weight excluding hydrogens is 445 g/mol. The zero-order valence-electron chi connectivity index (χ0n) is 17.9. The van der Waals surface area contributed by atoms with Crippen LogP contribution in [0.2, 0.25) is 0 Å². The second-order valence-electron chi connectivity index (χ2n) is 7.09. The van der Waals surface area contributed by atoms with Crippen LogP contribution in [-0.4, -0.2) is 25.7 Å². The smallest absolute Gasteiger partial charge is 0.230 e. The fraction of sp³-hybridized carbons (Fsp3) is 0.217. The number of aromatic nitrogens is 4. The summed E-state index contributed by atoms with van der Waals surface area (Å²) < 4.78 is 15.9. The highest BCUT2D eigenvalue weighted by Gasteiger charge is 2.21. The molecule has 0 N–H and O–H groups in total. The minimum atomic E-state index is -0.333. The predicted octanol–water partition coefficient (Wildman–Crippen LogP) is 5.62. The third-order valence-corrected chi connectivity index (χ3v) is 6.89. The quantitative estimate of drug-likeness (QED) is 0.330. The predicted molar refractivity (Wildman–Crippen MR) is 127 cm³/mol. The molecule has 0 aliphatic carbocycles. The van der Waals surface area contributed by atoms with Crippen molar-refractivity contribution in [2.24, 2.45) is 7.05 Å². The standard InChI is InChI=1S/C23H22FN5OS2/c1-4-16-9-5-8-12-20(16)29(15(2)30)22-25-17(13-31-22)14-32-23-27-26-21(28(23)3)18-10-6-7-11-19(18)24/h5-13H,4,14H2,1-3H3. The minimum absolute atomic E-state index is 0.0812. The Bertz CT molecular complexity index is 1250. The normalized spacial score (nSPS) is 11.0. The molecule has 0 fully saturated rings. The molecular formula is C23H22FN5OS2. The molecule has 2 aromatic heterocycles. The first-order chi connectivity index (χ1) is 15.5. The van der Waals surface area contributed by atoms with E-state index in [2.05, 4.69) is 17.1 Å². The molecule has 0 aliphatic heterocycles. The van der Waals surface area contributed by atoms with Crippen molar-refractivity contribution in [3.05, 3.63) is 71.0 Å². The maximum absolute atomic E-state index is 14.1. The summed E-state index contributed by atoms with van der Waals surface area (Å²) in [7, 11) is 1.82. The van der Waals surface area contributed by atoms with Gasteiger partial charge in [-0.15, -0.1) is 21.5 Å². The molecule has 0 unspecified atom stereocenters. The highest BCUT2D eigenvalue weighted by molar-refractivity contribution is 7.98. The van der Waals surface area contributed by atoms with Crippen molar-refractivity contribution < 1.29 is 9.18 Å². The van der Waals surface area contributed by atoms with Gasteiger partial charge in [-0.1, -0.05) is 49.0 Å². The number of para-hydroxylation sites is 1. The lowest BCUT2D eigenvalue weighted by Gasteiger charge is -2.20. The lowest BCUT2D eigenvalue weighted by molar-refractivity contribution is -0.115. The number of hydrogen-bond donors (Lipinski definition) is 0. The summed E-state index contributed by atoms with van der Waals surface area (Å²) in [5.74, 6) is 0.618. The molecule has 164 valence electrons. The highest BCUT2D eigenvalue weighted by Crippen LogP contribution is 2.33. The van der Waals surface area contributed by atoms with E-state index in [9.17, 15) is 9.18 Å². The lowest BCUT2D eigenvalue weighted by atomic mass is 10.1. The van der Waals surface area contributed by atoms with Gasteiger partial charge in [-0.05, 0) is 30.2 Å². The molecule has 0 aliphatic rings. The van der Waals surface area contributed by atoms with E-state index in [1.54, 1.807) is 34.6 Å². The Morgan fingerprint density at radius 2 is 1.91 bits per heavy atom. The molecule has 4 rings (SSSR count). The first kappa shape index (κ1) is 22.2. The Morgan fingerprint density at radius 1 is 1.16 bits per heavy atom. The van der Waals surface area contributed by atoms with Crippen molar-refractivity contribution in [2.45, 2.75) is 31.2 Å². The second-order valence-corrected chi connectivity index (χ2v) is 8.87. The zero-order chi connectivity index (χ0) is 22.7. The Labute approximate surface area is 194 Å². The molecule has 32 heavy (non-hydrogen) atoms. The maximum atomic E-state index is 14.1.